The molecule has 0 saturated carbocycles. The van der Waals surface area contributed by atoms with Crippen molar-refractivity contribution < 1.29 is 47.3 Å². The molecule has 0 saturated heterocycles. The molecule has 0 atom stereocenters. The van der Waals surface area contributed by atoms with Crippen LogP contribution >= 0.6 is 0 Å². The Morgan fingerprint density at radius 3 is 1.75 bits per heavy atom. The van der Waals surface area contributed by atoms with Gasteiger partial charge in [0, 0.05) is 13.2 Å². The summed E-state index contributed by atoms with van der Waals surface area (Å²) in [6.07, 6.45) is 0. The Morgan fingerprint density at radius 1 is 1.12 bits per heavy atom. The van der Waals surface area contributed by atoms with E-state index in [4.69, 9.17) is 4.74 Å². The predicted octanol–water partition coefficient (Wildman–Crippen LogP) is -1.36. The average molecular weight is 254 g/mol. The van der Waals surface area contributed by atoms with Gasteiger partial charge < -0.3 is 9.29 Å². The van der Waals surface area contributed by atoms with Crippen LogP contribution in [0.5, 0.6) is 0 Å². The van der Waals surface area contributed by atoms with E-state index in [2.05, 4.69) is 0 Å². The summed E-state index contributed by atoms with van der Waals surface area (Å²) in [6, 6.07) is 7.19. The number of ether oxygens (including phenoxy) is 1. The molecule has 1 aromatic rings. The molecule has 16 heavy (non-hydrogen) atoms. The van der Waals surface area contributed by atoms with E-state index in [0.717, 1.165) is 13.2 Å². The van der Waals surface area contributed by atoms with E-state index in [0.29, 0.717) is 0 Å². The molecule has 0 spiro atoms. The van der Waals surface area contributed by atoms with E-state index in [1.807, 2.05) is 13.8 Å². The van der Waals surface area contributed by atoms with Gasteiger partial charge in [-0.25, -0.2) is 8.42 Å². The Kier molecular flexibility index (Phi) is 11.8. The van der Waals surface area contributed by atoms with Crippen LogP contribution in [0.4, 0.5) is 0 Å². The summed E-state index contributed by atoms with van der Waals surface area (Å²) in [5.41, 5.74) is 0. The molecular formula is C10H15NaO4S. The second kappa shape index (κ2) is 10.3. The maximum Gasteiger partial charge on any atom is 1.00 e. The van der Waals surface area contributed by atoms with Crippen LogP contribution in [0.3, 0.4) is 0 Å². The van der Waals surface area contributed by atoms with Crippen molar-refractivity contribution in [3.8, 4) is 0 Å². The van der Waals surface area contributed by atoms with Gasteiger partial charge in [0.1, 0.15) is 10.1 Å². The fourth-order valence-electron chi connectivity index (χ4n) is 0.791. The van der Waals surface area contributed by atoms with Crippen LogP contribution in [0.25, 0.3) is 0 Å². The molecule has 0 aliphatic carbocycles. The third-order valence-corrected chi connectivity index (χ3v) is 2.29. The first-order valence-corrected chi connectivity index (χ1v) is 6.01. The third-order valence-electron chi connectivity index (χ3n) is 1.44. The van der Waals surface area contributed by atoms with Crippen LogP contribution in [0, 0.1) is 0 Å². The van der Waals surface area contributed by atoms with Gasteiger partial charge in [-0.1, -0.05) is 18.2 Å². The minimum absolute atomic E-state index is 0. The van der Waals surface area contributed by atoms with Crippen molar-refractivity contribution in [2.45, 2.75) is 18.7 Å². The topological polar surface area (TPSA) is 66.4 Å². The Balaban J connectivity index is 0. The Bertz CT molecular complexity index is 348. The van der Waals surface area contributed by atoms with Crippen molar-refractivity contribution in [2.75, 3.05) is 13.2 Å². The Labute approximate surface area is 119 Å². The van der Waals surface area contributed by atoms with Gasteiger partial charge in [0.2, 0.25) is 0 Å². The molecule has 0 fully saturated rings. The standard InChI is InChI=1S/C6H6O3S.C4H10O.Na/c7-10(8,9)6-4-2-1-3-5-6;1-3-5-4-2;/h1-5H,(H,7,8,9);3-4H2,1-2H3;/q;;+1/p-1. The van der Waals surface area contributed by atoms with E-state index in [-0.39, 0.29) is 34.5 Å². The second-order valence-electron chi connectivity index (χ2n) is 2.55. The molecule has 0 aliphatic rings. The fraction of sp³-hybridized carbons (Fsp3) is 0.400. The summed E-state index contributed by atoms with van der Waals surface area (Å²) < 4.78 is 35.7. The molecule has 4 nitrogen and oxygen atoms in total. The van der Waals surface area contributed by atoms with Crippen molar-refractivity contribution in [2.24, 2.45) is 0 Å². The molecule has 0 aliphatic heterocycles. The molecule has 0 amide bonds. The zero-order valence-electron chi connectivity index (χ0n) is 9.84. The number of benzene rings is 1. The van der Waals surface area contributed by atoms with Gasteiger partial charge in [0.05, 0.1) is 4.90 Å². The van der Waals surface area contributed by atoms with Crippen LogP contribution < -0.4 is 29.6 Å². The van der Waals surface area contributed by atoms with Crippen molar-refractivity contribution in [3.63, 3.8) is 0 Å². The smallest absolute Gasteiger partial charge is 0.744 e. The van der Waals surface area contributed by atoms with Gasteiger partial charge in [0.15, 0.2) is 0 Å². The van der Waals surface area contributed by atoms with Gasteiger partial charge in [-0.3, -0.25) is 0 Å². The molecule has 0 bridgehead atoms. The predicted molar refractivity (Wildman–Crippen MR) is 56.6 cm³/mol. The summed E-state index contributed by atoms with van der Waals surface area (Å²) in [5, 5.41) is 0. The minimum atomic E-state index is -4.25. The van der Waals surface area contributed by atoms with Crippen molar-refractivity contribution in [3.05, 3.63) is 30.3 Å². The molecule has 0 radical (unpaired) electrons. The Morgan fingerprint density at radius 2 is 1.56 bits per heavy atom. The summed E-state index contributed by atoms with van der Waals surface area (Å²) in [4.78, 5) is -0.185. The monoisotopic (exact) mass is 254 g/mol. The summed E-state index contributed by atoms with van der Waals surface area (Å²) in [6.45, 7) is 5.67. The summed E-state index contributed by atoms with van der Waals surface area (Å²) >= 11 is 0. The van der Waals surface area contributed by atoms with E-state index >= 15 is 0 Å². The van der Waals surface area contributed by atoms with Crippen LogP contribution in [0.15, 0.2) is 35.2 Å². The molecular weight excluding hydrogens is 239 g/mol. The van der Waals surface area contributed by atoms with Gasteiger partial charge >= 0.3 is 29.6 Å². The maximum atomic E-state index is 10.3. The van der Waals surface area contributed by atoms with Crippen LogP contribution in [0.1, 0.15) is 13.8 Å². The average Bonchev–Trinajstić information content (AvgIpc) is 2.20. The molecule has 6 heteroatoms. The normalized spacial score (nSPS) is 9.69. The van der Waals surface area contributed by atoms with E-state index in [1.165, 1.54) is 24.3 Å². The Hall–Kier alpha value is 0.0900. The molecule has 0 heterocycles. The van der Waals surface area contributed by atoms with Gasteiger partial charge in [-0.2, -0.15) is 0 Å². The van der Waals surface area contributed by atoms with Crippen LogP contribution in [-0.2, 0) is 14.9 Å². The first-order chi connectivity index (χ1) is 7.02. The van der Waals surface area contributed by atoms with E-state index < -0.39 is 10.1 Å². The number of hydrogen-bond donors (Lipinski definition) is 0. The van der Waals surface area contributed by atoms with Gasteiger partial charge in [-0.05, 0) is 26.0 Å². The van der Waals surface area contributed by atoms with Crippen molar-refractivity contribution in [1.29, 1.82) is 0 Å². The van der Waals surface area contributed by atoms with E-state index in [1.54, 1.807) is 6.07 Å². The third kappa shape index (κ3) is 9.33. The zero-order chi connectivity index (χ0) is 11.7. The molecule has 1 rings (SSSR count). The van der Waals surface area contributed by atoms with Gasteiger partial charge in [-0.15, -0.1) is 0 Å². The van der Waals surface area contributed by atoms with Crippen molar-refractivity contribution >= 4 is 10.1 Å². The quantitative estimate of drug-likeness (QED) is 0.493. The summed E-state index contributed by atoms with van der Waals surface area (Å²) in [5.74, 6) is 0. The van der Waals surface area contributed by atoms with E-state index in [9.17, 15) is 13.0 Å². The molecule has 0 aromatic heterocycles. The second-order valence-corrected chi connectivity index (χ2v) is 3.93. The van der Waals surface area contributed by atoms with Gasteiger partial charge in [0.25, 0.3) is 0 Å². The molecule has 0 N–H and O–H groups in total. The first-order valence-electron chi connectivity index (χ1n) is 4.61. The minimum Gasteiger partial charge on any atom is -0.744 e. The zero-order valence-corrected chi connectivity index (χ0v) is 12.7. The molecule has 1 aromatic carbocycles. The van der Waals surface area contributed by atoms with Crippen LogP contribution in [0.2, 0.25) is 0 Å². The summed E-state index contributed by atoms with van der Waals surface area (Å²) in [7, 11) is -4.25. The number of hydrogen-bond acceptors (Lipinski definition) is 4. The van der Waals surface area contributed by atoms with Crippen molar-refractivity contribution in [1.82, 2.24) is 0 Å². The first kappa shape index (κ1) is 18.5. The molecule has 86 valence electrons. The number of rotatable bonds is 3. The maximum absolute atomic E-state index is 10.3. The SMILES string of the molecule is CCOCC.O=S(=O)([O-])c1ccccc1.[Na+]. The molecule has 0 unspecified atom stereocenters. The fourth-order valence-corrected chi connectivity index (χ4v) is 1.28. The largest absolute Gasteiger partial charge is 1.00 e. The van der Waals surface area contributed by atoms with Crippen LogP contribution in [-0.4, -0.2) is 26.2 Å².